The zero-order chi connectivity index (χ0) is 15.6. The molecule has 0 unspecified atom stereocenters. The van der Waals surface area contributed by atoms with Crippen molar-refractivity contribution in [2.24, 2.45) is 5.73 Å². The number of Topliss-reactive ketones (excluding diaryl/α,β-unsaturated/α-hetero) is 1. The molecule has 2 aromatic carbocycles. The quantitative estimate of drug-likeness (QED) is 0.833. The van der Waals surface area contributed by atoms with E-state index in [0.717, 1.165) is 11.1 Å². The second-order valence-corrected chi connectivity index (χ2v) is 5.71. The second kappa shape index (κ2) is 5.73. The van der Waals surface area contributed by atoms with Gasteiger partial charge in [-0.1, -0.05) is 60.7 Å². The molecule has 4 heteroatoms. The summed E-state index contributed by atoms with van der Waals surface area (Å²) < 4.78 is 0. The molecule has 0 radical (unpaired) electrons. The van der Waals surface area contributed by atoms with Crippen LogP contribution in [0.5, 0.6) is 0 Å². The first-order valence-corrected chi connectivity index (χ1v) is 7.31. The average Bonchev–Trinajstić information content (AvgIpc) is 2.74. The topological polar surface area (TPSA) is 72.2 Å². The maximum Gasteiger partial charge on any atom is 0.248 e. The second-order valence-electron chi connectivity index (χ2n) is 5.71. The molecule has 2 atom stereocenters. The van der Waals surface area contributed by atoms with E-state index in [9.17, 15) is 9.59 Å². The summed E-state index contributed by atoms with van der Waals surface area (Å²) in [5, 5.41) is 2.75. The third-order valence-electron chi connectivity index (χ3n) is 4.08. The van der Waals surface area contributed by atoms with Gasteiger partial charge in [0.1, 0.15) is 0 Å². The van der Waals surface area contributed by atoms with Gasteiger partial charge in [-0.3, -0.25) is 9.59 Å². The summed E-state index contributed by atoms with van der Waals surface area (Å²) in [7, 11) is 0. The molecule has 1 amide bonds. The summed E-state index contributed by atoms with van der Waals surface area (Å²) in [4.78, 5) is 24.9. The predicted octanol–water partition coefficient (Wildman–Crippen LogP) is 1.24. The number of nitrogens with two attached hydrogens (primary N) is 1. The molecule has 3 N–H and O–H groups in total. The predicted molar refractivity (Wildman–Crippen MR) is 84.1 cm³/mol. The van der Waals surface area contributed by atoms with Crippen LogP contribution in [0, 0.1) is 0 Å². The molecule has 2 aromatic rings. The first kappa shape index (κ1) is 14.5. The average molecular weight is 294 g/mol. The molecule has 22 heavy (non-hydrogen) atoms. The highest BCUT2D eigenvalue weighted by Gasteiger charge is 2.51. The van der Waals surface area contributed by atoms with E-state index in [2.05, 4.69) is 5.32 Å². The number of carbonyl (C=O) groups excluding carboxylic acids is 2. The van der Waals surface area contributed by atoms with E-state index in [1.807, 2.05) is 60.7 Å². The van der Waals surface area contributed by atoms with E-state index in [1.54, 1.807) is 0 Å². The smallest absolute Gasteiger partial charge is 0.248 e. The van der Waals surface area contributed by atoms with Crippen molar-refractivity contribution < 1.29 is 9.59 Å². The summed E-state index contributed by atoms with van der Waals surface area (Å²) in [6, 6.07) is 18.5. The molecule has 112 valence electrons. The number of benzene rings is 2. The highest BCUT2D eigenvalue weighted by Crippen LogP contribution is 2.22. The van der Waals surface area contributed by atoms with E-state index in [-0.39, 0.29) is 18.1 Å². The Morgan fingerprint density at radius 3 is 2.05 bits per heavy atom. The minimum Gasteiger partial charge on any atom is -0.344 e. The number of hydrogen-bond donors (Lipinski definition) is 2. The van der Waals surface area contributed by atoms with E-state index >= 15 is 0 Å². The molecule has 1 aliphatic heterocycles. The lowest BCUT2D eigenvalue weighted by Crippen LogP contribution is -2.54. The van der Waals surface area contributed by atoms with Crippen LogP contribution in [-0.2, 0) is 22.4 Å². The Balaban J connectivity index is 1.79. The van der Waals surface area contributed by atoms with Crippen LogP contribution in [0.4, 0.5) is 0 Å². The van der Waals surface area contributed by atoms with Gasteiger partial charge in [0.25, 0.3) is 0 Å². The number of hydrogen-bond acceptors (Lipinski definition) is 3. The van der Waals surface area contributed by atoms with Crippen molar-refractivity contribution in [3.05, 3.63) is 71.8 Å². The Bertz CT molecular complexity index is 685. The zero-order valence-electron chi connectivity index (χ0n) is 12.2. The van der Waals surface area contributed by atoms with Gasteiger partial charge in [-0.15, -0.1) is 0 Å². The fraction of sp³-hybridized carbons (Fsp3) is 0.222. The molecular formula is C18H18N2O2. The molecule has 0 aromatic heterocycles. The number of carbonyl (C=O) groups is 2. The zero-order valence-corrected chi connectivity index (χ0v) is 12.2. The maximum absolute atomic E-state index is 12.6. The number of amides is 1. The Kier molecular flexibility index (Phi) is 3.77. The lowest BCUT2D eigenvalue weighted by molar-refractivity contribution is -0.129. The SMILES string of the molecule is N[C@]1(Cc2ccccc2)C(=O)N[C@H](Cc2ccccc2)C1=O. The largest absolute Gasteiger partial charge is 0.344 e. The van der Waals surface area contributed by atoms with Gasteiger partial charge in [-0.05, 0) is 17.5 Å². The van der Waals surface area contributed by atoms with Crippen LogP contribution in [0.2, 0.25) is 0 Å². The highest BCUT2D eigenvalue weighted by atomic mass is 16.2. The molecule has 0 saturated carbocycles. The third kappa shape index (κ3) is 2.65. The van der Waals surface area contributed by atoms with Gasteiger partial charge in [0.15, 0.2) is 11.3 Å². The van der Waals surface area contributed by atoms with Gasteiger partial charge in [-0.25, -0.2) is 0 Å². The van der Waals surface area contributed by atoms with Gasteiger partial charge < -0.3 is 11.1 Å². The summed E-state index contributed by atoms with van der Waals surface area (Å²) in [5.74, 6) is -0.618. The van der Waals surface area contributed by atoms with Crippen LogP contribution in [-0.4, -0.2) is 23.3 Å². The third-order valence-corrected chi connectivity index (χ3v) is 4.08. The molecular weight excluding hydrogens is 276 g/mol. The monoisotopic (exact) mass is 294 g/mol. The van der Waals surface area contributed by atoms with Gasteiger partial charge in [0.2, 0.25) is 5.91 Å². The Morgan fingerprint density at radius 2 is 1.45 bits per heavy atom. The van der Waals surface area contributed by atoms with Gasteiger partial charge >= 0.3 is 0 Å². The molecule has 0 aliphatic carbocycles. The first-order chi connectivity index (χ1) is 10.6. The van der Waals surface area contributed by atoms with Crippen molar-refractivity contribution in [2.45, 2.75) is 24.4 Å². The van der Waals surface area contributed by atoms with Crippen LogP contribution in [0.25, 0.3) is 0 Å². The summed E-state index contributed by atoms with van der Waals surface area (Å²) >= 11 is 0. The summed E-state index contributed by atoms with van der Waals surface area (Å²) in [6.45, 7) is 0. The normalized spacial score (nSPS) is 24.3. The highest BCUT2D eigenvalue weighted by molar-refractivity contribution is 6.18. The number of nitrogens with one attached hydrogen (secondary N) is 1. The van der Waals surface area contributed by atoms with Gasteiger partial charge in [0.05, 0.1) is 6.04 Å². The van der Waals surface area contributed by atoms with Gasteiger partial charge in [0, 0.05) is 6.42 Å². The van der Waals surface area contributed by atoms with Gasteiger partial charge in [-0.2, -0.15) is 0 Å². The Morgan fingerprint density at radius 1 is 0.909 bits per heavy atom. The van der Waals surface area contributed by atoms with Crippen LogP contribution >= 0.6 is 0 Å². The molecule has 1 heterocycles. The maximum atomic E-state index is 12.6. The fourth-order valence-electron chi connectivity index (χ4n) is 2.85. The molecule has 4 nitrogen and oxygen atoms in total. The molecule has 0 bridgehead atoms. The summed E-state index contributed by atoms with van der Waals surface area (Å²) in [6.07, 6.45) is 0.697. The van der Waals surface area contributed by atoms with E-state index in [4.69, 9.17) is 5.73 Å². The van der Waals surface area contributed by atoms with E-state index < -0.39 is 11.6 Å². The molecule has 1 fully saturated rings. The van der Waals surface area contributed by atoms with Crippen molar-refractivity contribution in [1.82, 2.24) is 5.32 Å². The van der Waals surface area contributed by atoms with Crippen molar-refractivity contribution >= 4 is 11.7 Å². The van der Waals surface area contributed by atoms with Crippen LogP contribution in [0.1, 0.15) is 11.1 Å². The van der Waals surface area contributed by atoms with Crippen LogP contribution in [0.3, 0.4) is 0 Å². The molecule has 0 spiro atoms. The lowest BCUT2D eigenvalue weighted by Gasteiger charge is -2.19. The van der Waals surface area contributed by atoms with E-state index in [0.29, 0.717) is 6.42 Å². The first-order valence-electron chi connectivity index (χ1n) is 7.31. The standard InChI is InChI=1S/C18H18N2O2/c19-18(12-14-9-5-2-6-10-14)16(21)15(20-17(18)22)11-13-7-3-1-4-8-13/h1-10,15H,11-12,19H2,(H,20,22)/t15-,18+/m1/s1. The molecule has 1 saturated heterocycles. The number of ketones is 1. The minimum absolute atomic E-state index is 0.226. The van der Waals surface area contributed by atoms with Crippen molar-refractivity contribution in [3.63, 3.8) is 0 Å². The lowest BCUT2D eigenvalue weighted by atomic mass is 9.86. The van der Waals surface area contributed by atoms with Crippen molar-refractivity contribution in [2.75, 3.05) is 0 Å². The van der Waals surface area contributed by atoms with Crippen LogP contribution in [0.15, 0.2) is 60.7 Å². The fourth-order valence-corrected chi connectivity index (χ4v) is 2.85. The molecule has 3 rings (SSSR count). The minimum atomic E-state index is -1.47. The number of rotatable bonds is 4. The Labute approximate surface area is 129 Å². The Hall–Kier alpha value is -2.46. The van der Waals surface area contributed by atoms with E-state index in [1.165, 1.54) is 0 Å². The van der Waals surface area contributed by atoms with Crippen molar-refractivity contribution in [1.29, 1.82) is 0 Å². The van der Waals surface area contributed by atoms with Crippen LogP contribution < -0.4 is 11.1 Å². The van der Waals surface area contributed by atoms with Crippen molar-refractivity contribution in [3.8, 4) is 0 Å². The molecule has 1 aliphatic rings. The summed E-state index contributed by atoms with van der Waals surface area (Å²) in [5.41, 5.74) is 6.58.